The Balaban J connectivity index is 2.47. The Morgan fingerprint density at radius 3 is 2.30 bits per heavy atom. The molecule has 1 heterocycles. The van der Waals surface area contributed by atoms with Crippen LogP contribution in [0.1, 0.15) is 12.8 Å². The largest absolute Gasteiger partial charge is 0.344 e. The van der Waals surface area contributed by atoms with Crippen LogP contribution in [0.3, 0.4) is 0 Å². The van der Waals surface area contributed by atoms with Gasteiger partial charge in [-0.05, 0) is 25.9 Å². The number of rotatable bonds is 1. The predicted octanol–water partition coefficient (Wildman–Crippen LogP) is 0.639. The molecule has 1 rings (SSSR count). The van der Waals surface area contributed by atoms with Crippen molar-refractivity contribution in [2.75, 3.05) is 19.8 Å². The Labute approximate surface area is 61.3 Å². The molecule has 0 bridgehead atoms. The molecule has 3 nitrogen and oxygen atoms in total. The molecule has 1 saturated heterocycles. The molecule has 0 aromatic carbocycles. The van der Waals surface area contributed by atoms with Gasteiger partial charge in [0.1, 0.15) is 0 Å². The lowest BCUT2D eigenvalue weighted by molar-refractivity contribution is 0.434. The molecule has 1 aliphatic rings. The predicted molar refractivity (Wildman–Crippen MR) is 41.6 cm³/mol. The van der Waals surface area contributed by atoms with Crippen molar-refractivity contribution in [3.63, 3.8) is 0 Å². The molecule has 2 N–H and O–H groups in total. The van der Waals surface area contributed by atoms with Gasteiger partial charge in [0, 0.05) is 12.3 Å². The van der Waals surface area contributed by atoms with Crippen molar-refractivity contribution in [3.05, 3.63) is 0 Å². The second-order valence-corrected chi connectivity index (χ2v) is 5.54. The molecule has 0 aromatic heterocycles. The van der Waals surface area contributed by atoms with Gasteiger partial charge in [-0.15, -0.1) is 0 Å². The van der Waals surface area contributed by atoms with Crippen LogP contribution >= 0.6 is 7.37 Å². The summed E-state index contributed by atoms with van der Waals surface area (Å²) in [6, 6.07) is 0. The van der Waals surface area contributed by atoms with Gasteiger partial charge in [-0.2, -0.15) is 0 Å². The van der Waals surface area contributed by atoms with E-state index in [2.05, 4.69) is 5.32 Å². The highest BCUT2D eigenvalue weighted by molar-refractivity contribution is 7.57. The van der Waals surface area contributed by atoms with E-state index in [1.165, 1.54) is 6.66 Å². The minimum absolute atomic E-state index is 0.0498. The van der Waals surface area contributed by atoms with Crippen LogP contribution in [-0.2, 0) is 4.57 Å². The molecule has 60 valence electrons. The summed E-state index contributed by atoms with van der Waals surface area (Å²) in [6.45, 7) is 3.25. The molecule has 0 radical (unpaired) electrons. The van der Waals surface area contributed by atoms with Gasteiger partial charge in [-0.3, -0.25) is 4.57 Å². The summed E-state index contributed by atoms with van der Waals surface area (Å²) >= 11 is 0. The van der Waals surface area contributed by atoms with Crippen molar-refractivity contribution in [2.24, 2.45) is 0 Å². The van der Waals surface area contributed by atoms with Gasteiger partial charge in [0.2, 0.25) is 7.37 Å². The fourth-order valence-corrected chi connectivity index (χ4v) is 2.50. The molecule has 4 heteroatoms. The molecule has 1 fully saturated rings. The van der Waals surface area contributed by atoms with Crippen LogP contribution in [0.15, 0.2) is 0 Å². The molecule has 0 aliphatic carbocycles. The second-order valence-electron chi connectivity index (χ2n) is 2.92. The van der Waals surface area contributed by atoms with Gasteiger partial charge >= 0.3 is 0 Å². The molecule has 1 unspecified atom stereocenters. The third kappa shape index (κ3) is 2.08. The summed E-state index contributed by atoms with van der Waals surface area (Å²) in [5.74, 6) is 0. The maximum Gasteiger partial charge on any atom is 0.200 e. The quantitative estimate of drug-likeness (QED) is 0.557. The average molecular weight is 163 g/mol. The van der Waals surface area contributed by atoms with E-state index in [0.29, 0.717) is 0 Å². The monoisotopic (exact) mass is 163 g/mol. The van der Waals surface area contributed by atoms with E-state index in [1.54, 1.807) is 0 Å². The number of piperidine rings is 1. The van der Waals surface area contributed by atoms with E-state index in [4.69, 9.17) is 0 Å². The smallest absolute Gasteiger partial charge is 0.200 e. The fraction of sp³-hybridized carbons (Fsp3) is 1.00. The number of nitrogens with one attached hydrogen (secondary N) is 1. The molecule has 0 aromatic rings. The van der Waals surface area contributed by atoms with E-state index >= 15 is 0 Å². The van der Waals surface area contributed by atoms with Crippen LogP contribution < -0.4 is 5.32 Å². The van der Waals surface area contributed by atoms with Crippen molar-refractivity contribution >= 4 is 7.37 Å². The molecular formula is C6H14NO2P. The van der Waals surface area contributed by atoms with Gasteiger partial charge in [-0.25, -0.2) is 0 Å². The summed E-state index contributed by atoms with van der Waals surface area (Å²) in [4.78, 5) is 9.17. The number of hydrogen-bond acceptors (Lipinski definition) is 2. The topological polar surface area (TPSA) is 49.3 Å². The Bertz CT molecular complexity index is 148. The lowest BCUT2D eigenvalue weighted by Gasteiger charge is -2.24. The van der Waals surface area contributed by atoms with Gasteiger partial charge in [0.25, 0.3) is 0 Å². The first kappa shape index (κ1) is 8.25. The normalized spacial score (nSPS) is 27.8. The van der Waals surface area contributed by atoms with Crippen molar-refractivity contribution < 1.29 is 9.46 Å². The molecule has 0 amide bonds. The molecule has 0 spiro atoms. The minimum Gasteiger partial charge on any atom is -0.344 e. The minimum atomic E-state index is -2.78. The van der Waals surface area contributed by atoms with Crippen LogP contribution in [0.25, 0.3) is 0 Å². The first-order valence-electron chi connectivity index (χ1n) is 3.61. The Hall–Kier alpha value is 0.150. The van der Waals surface area contributed by atoms with Crippen LogP contribution in [0.2, 0.25) is 0 Å². The molecule has 1 aliphatic heterocycles. The summed E-state index contributed by atoms with van der Waals surface area (Å²) in [5.41, 5.74) is 0.0498. The molecule has 10 heavy (non-hydrogen) atoms. The van der Waals surface area contributed by atoms with Crippen molar-refractivity contribution in [1.82, 2.24) is 5.32 Å². The molecular weight excluding hydrogens is 149 g/mol. The average Bonchev–Trinajstić information content (AvgIpc) is 1.88. The Morgan fingerprint density at radius 2 is 2.00 bits per heavy atom. The van der Waals surface area contributed by atoms with Crippen molar-refractivity contribution in [3.8, 4) is 0 Å². The van der Waals surface area contributed by atoms with Crippen LogP contribution in [-0.4, -0.2) is 30.3 Å². The molecule has 0 saturated carbocycles. The highest BCUT2D eigenvalue weighted by atomic mass is 31.2. The Kier molecular flexibility index (Phi) is 2.50. The molecule has 1 atom stereocenters. The summed E-state index contributed by atoms with van der Waals surface area (Å²) in [6.07, 6.45) is 1.70. The summed E-state index contributed by atoms with van der Waals surface area (Å²) in [7, 11) is -2.78. The number of hydrogen-bond donors (Lipinski definition) is 2. The van der Waals surface area contributed by atoms with E-state index < -0.39 is 7.37 Å². The highest BCUT2D eigenvalue weighted by Crippen LogP contribution is 2.45. The second kappa shape index (κ2) is 3.04. The van der Waals surface area contributed by atoms with Gasteiger partial charge in [0.05, 0.1) is 0 Å². The van der Waals surface area contributed by atoms with Crippen molar-refractivity contribution in [2.45, 2.75) is 18.5 Å². The summed E-state index contributed by atoms with van der Waals surface area (Å²) < 4.78 is 11.1. The maximum atomic E-state index is 11.1. The lowest BCUT2D eigenvalue weighted by atomic mass is 10.2. The summed E-state index contributed by atoms with van der Waals surface area (Å²) in [5, 5.41) is 3.15. The van der Waals surface area contributed by atoms with E-state index in [0.717, 1.165) is 25.9 Å². The van der Waals surface area contributed by atoms with E-state index in [9.17, 15) is 9.46 Å². The third-order valence-corrected chi connectivity index (χ3v) is 3.86. The van der Waals surface area contributed by atoms with E-state index in [1.807, 2.05) is 0 Å². The van der Waals surface area contributed by atoms with Gasteiger partial charge in [0.15, 0.2) is 0 Å². The third-order valence-electron chi connectivity index (χ3n) is 1.99. The zero-order valence-electron chi connectivity index (χ0n) is 6.21. The van der Waals surface area contributed by atoms with Crippen LogP contribution in [0.4, 0.5) is 0 Å². The zero-order valence-corrected chi connectivity index (χ0v) is 7.10. The maximum absolute atomic E-state index is 11.1. The van der Waals surface area contributed by atoms with Crippen LogP contribution in [0, 0.1) is 0 Å². The van der Waals surface area contributed by atoms with Gasteiger partial charge in [-0.1, -0.05) is 0 Å². The SMILES string of the molecule is CP(=O)(O)C1CCNCC1. The first-order valence-corrected chi connectivity index (χ1v) is 5.79. The van der Waals surface area contributed by atoms with Crippen LogP contribution in [0.5, 0.6) is 0 Å². The van der Waals surface area contributed by atoms with Gasteiger partial charge < -0.3 is 10.2 Å². The van der Waals surface area contributed by atoms with E-state index in [-0.39, 0.29) is 5.66 Å². The fourth-order valence-electron chi connectivity index (χ4n) is 1.29. The highest BCUT2D eigenvalue weighted by Gasteiger charge is 2.26. The lowest BCUT2D eigenvalue weighted by Crippen LogP contribution is -2.30. The standard InChI is InChI=1S/C6H14NO2P/c1-10(8,9)6-2-4-7-5-3-6/h6-7H,2-5H2,1H3,(H,8,9). The Morgan fingerprint density at radius 1 is 1.50 bits per heavy atom. The van der Waals surface area contributed by atoms with Crippen molar-refractivity contribution in [1.29, 1.82) is 0 Å². The first-order chi connectivity index (χ1) is 4.61. The zero-order chi connectivity index (χ0) is 7.61.